The molecule has 498 valence electrons. The van der Waals surface area contributed by atoms with Crippen LogP contribution in [0.5, 0.6) is 17.2 Å². The fraction of sp³-hybridized carbons (Fsp3) is 0.746. The Morgan fingerprint density at radius 3 is 1.20 bits per heavy atom. The highest BCUT2D eigenvalue weighted by atomic mass is 19.1. The monoisotopic (exact) mass is 1250 g/mol. The number of ether oxygens (including phenoxy) is 19. The van der Waals surface area contributed by atoms with Crippen LogP contribution in [0.2, 0.25) is 0 Å². The molecule has 0 spiro atoms. The highest BCUT2D eigenvalue weighted by Crippen LogP contribution is 2.23. The number of piperazine rings is 1. The molecular formula is C59H96F3N5O20. The van der Waals surface area contributed by atoms with Crippen molar-refractivity contribution in [3.05, 3.63) is 65.7 Å². The van der Waals surface area contributed by atoms with Crippen LogP contribution < -0.4 is 14.2 Å². The summed E-state index contributed by atoms with van der Waals surface area (Å²) in [6.07, 6.45) is 3.77. The normalized spacial score (nSPS) is 13.1. The maximum Gasteiger partial charge on any atom is 0.313 e. The van der Waals surface area contributed by atoms with Crippen molar-refractivity contribution >= 4 is 5.97 Å². The molecule has 2 aromatic carbocycles. The first kappa shape index (κ1) is 75.2. The smallest absolute Gasteiger partial charge is 0.313 e. The van der Waals surface area contributed by atoms with E-state index in [4.69, 9.17) is 85.3 Å². The van der Waals surface area contributed by atoms with Gasteiger partial charge in [0.15, 0.2) is 11.6 Å². The van der Waals surface area contributed by atoms with Crippen LogP contribution in [0.1, 0.15) is 25.0 Å². The SMILES string of the molecule is COc1ccc(OCCCCN2CCN(CCOCCOCCOCCOCc3cn(CCOCCOCCOCCOCCOCCOCCOCCOCCOCCOCCOCCOCCC(=O)Oc4c(F)cc(F)cc4F)nn3)CC2)cc1. The lowest BCUT2D eigenvalue weighted by atomic mass is 10.2. The van der Waals surface area contributed by atoms with Crippen LogP contribution in [0, 0.1) is 17.5 Å². The Hall–Kier alpha value is -4.28. The number of benzene rings is 2. The van der Waals surface area contributed by atoms with E-state index in [0.717, 1.165) is 75.9 Å². The van der Waals surface area contributed by atoms with Crippen LogP contribution in [0.4, 0.5) is 13.2 Å². The van der Waals surface area contributed by atoms with Crippen molar-refractivity contribution < 1.29 is 108 Å². The minimum absolute atomic E-state index is 0.0428. The number of halogens is 3. The molecule has 0 bridgehead atoms. The van der Waals surface area contributed by atoms with E-state index in [-0.39, 0.29) is 26.2 Å². The number of rotatable bonds is 61. The Kier molecular flexibility index (Phi) is 46.3. The highest BCUT2D eigenvalue weighted by molar-refractivity contribution is 5.72. The van der Waals surface area contributed by atoms with Gasteiger partial charge in [0, 0.05) is 44.9 Å². The summed E-state index contributed by atoms with van der Waals surface area (Å²) in [5.74, 6) is -3.86. The molecule has 1 aromatic heterocycles. The molecule has 1 fully saturated rings. The molecule has 28 heteroatoms. The summed E-state index contributed by atoms with van der Waals surface area (Å²) in [5.41, 5.74) is 0.741. The number of methoxy groups -OCH3 is 1. The molecule has 0 atom stereocenters. The number of unbranched alkanes of at least 4 members (excludes halogenated alkanes) is 1. The molecule has 3 aromatic rings. The molecule has 0 aliphatic carbocycles. The minimum atomic E-state index is -1.30. The second-order valence-electron chi connectivity index (χ2n) is 19.0. The summed E-state index contributed by atoms with van der Waals surface area (Å²) in [5, 5.41) is 8.30. The van der Waals surface area contributed by atoms with E-state index in [1.807, 2.05) is 30.5 Å². The first-order chi connectivity index (χ1) is 42.9. The molecular weight excluding hydrogens is 1160 g/mol. The second-order valence-corrected chi connectivity index (χ2v) is 19.0. The number of nitrogens with zero attached hydrogens (tertiary/aromatic N) is 5. The van der Waals surface area contributed by atoms with Crippen molar-refractivity contribution in [3.63, 3.8) is 0 Å². The van der Waals surface area contributed by atoms with Crippen LogP contribution in [0.15, 0.2) is 42.6 Å². The third-order valence-corrected chi connectivity index (χ3v) is 12.4. The third-order valence-electron chi connectivity index (χ3n) is 12.4. The summed E-state index contributed by atoms with van der Waals surface area (Å²) >= 11 is 0. The van der Waals surface area contributed by atoms with E-state index in [1.54, 1.807) is 11.8 Å². The van der Waals surface area contributed by atoms with Gasteiger partial charge in [-0.15, -0.1) is 5.10 Å². The van der Waals surface area contributed by atoms with E-state index >= 15 is 0 Å². The third kappa shape index (κ3) is 41.6. The van der Waals surface area contributed by atoms with E-state index in [0.29, 0.717) is 210 Å². The van der Waals surface area contributed by atoms with Crippen molar-refractivity contribution in [2.45, 2.75) is 32.4 Å². The van der Waals surface area contributed by atoms with Crippen LogP contribution in [-0.2, 0) is 93.7 Å². The molecule has 0 radical (unpaired) electrons. The van der Waals surface area contributed by atoms with Crippen molar-refractivity contribution in [3.8, 4) is 17.2 Å². The Morgan fingerprint density at radius 2 is 0.782 bits per heavy atom. The molecule has 0 amide bonds. The van der Waals surface area contributed by atoms with Crippen molar-refractivity contribution in [2.24, 2.45) is 0 Å². The van der Waals surface area contributed by atoms with Crippen LogP contribution in [0.25, 0.3) is 0 Å². The Labute approximate surface area is 510 Å². The van der Waals surface area contributed by atoms with Crippen molar-refractivity contribution in [1.29, 1.82) is 0 Å². The van der Waals surface area contributed by atoms with Gasteiger partial charge in [-0.3, -0.25) is 9.69 Å². The summed E-state index contributed by atoms with van der Waals surface area (Å²) in [6.45, 7) is 21.4. The second kappa shape index (κ2) is 53.5. The summed E-state index contributed by atoms with van der Waals surface area (Å²) in [6, 6.07) is 8.58. The largest absolute Gasteiger partial charge is 0.497 e. The molecule has 0 unspecified atom stereocenters. The lowest BCUT2D eigenvalue weighted by molar-refractivity contribution is -0.136. The maximum atomic E-state index is 13.6. The molecule has 1 aliphatic rings. The summed E-state index contributed by atoms with van der Waals surface area (Å²) in [7, 11) is 1.66. The first-order valence-corrected chi connectivity index (χ1v) is 30.1. The van der Waals surface area contributed by atoms with Gasteiger partial charge < -0.3 is 94.9 Å². The van der Waals surface area contributed by atoms with Gasteiger partial charge >= 0.3 is 5.97 Å². The van der Waals surface area contributed by atoms with Gasteiger partial charge in [0.1, 0.15) is 23.0 Å². The Balaban J connectivity index is 0.742. The average molecular weight is 1250 g/mol. The lowest BCUT2D eigenvalue weighted by Crippen LogP contribution is -2.47. The molecule has 87 heavy (non-hydrogen) atoms. The standard InChI is InChI=1S/C59H96F3N5O20/c1-69-54-4-6-55(7-5-54)86-16-3-2-9-65-10-12-66(13-11-65)14-18-71-21-24-74-44-45-84-46-47-85-51-53-50-67(64-63-53)15-19-72-22-25-75-27-29-77-31-33-79-35-37-81-39-41-83-43-42-82-40-38-80-36-34-78-32-30-76-28-26-73-23-20-70-17-8-58(68)87-59-56(61)48-52(60)49-57(59)62/h4-7,48-50H,2-3,8-47,51H2,1H3. The predicted octanol–water partition coefficient (Wildman–Crippen LogP) is 3.94. The first-order valence-electron chi connectivity index (χ1n) is 30.1. The fourth-order valence-corrected chi connectivity index (χ4v) is 7.71. The molecule has 4 rings (SSSR count). The zero-order valence-corrected chi connectivity index (χ0v) is 51.0. The lowest BCUT2D eigenvalue weighted by Gasteiger charge is -2.34. The van der Waals surface area contributed by atoms with Gasteiger partial charge in [0.2, 0.25) is 5.75 Å². The molecule has 1 saturated heterocycles. The van der Waals surface area contributed by atoms with Gasteiger partial charge in [-0.2, -0.15) is 0 Å². The van der Waals surface area contributed by atoms with E-state index in [1.165, 1.54) is 0 Å². The van der Waals surface area contributed by atoms with Gasteiger partial charge in [0.25, 0.3) is 0 Å². The van der Waals surface area contributed by atoms with E-state index in [2.05, 4.69) is 24.8 Å². The Morgan fingerprint density at radius 1 is 0.425 bits per heavy atom. The zero-order valence-electron chi connectivity index (χ0n) is 51.0. The fourth-order valence-electron chi connectivity index (χ4n) is 7.71. The van der Waals surface area contributed by atoms with Crippen LogP contribution >= 0.6 is 0 Å². The van der Waals surface area contributed by atoms with Crippen molar-refractivity contribution in [1.82, 2.24) is 24.8 Å². The number of carbonyl (C=O) groups excluding carboxylic acids is 1. The van der Waals surface area contributed by atoms with Crippen LogP contribution in [-0.4, -0.2) is 289 Å². The molecule has 0 N–H and O–H groups in total. The number of aromatic nitrogens is 3. The average Bonchev–Trinajstić information content (AvgIpc) is 4.04. The maximum absolute atomic E-state index is 13.6. The summed E-state index contributed by atoms with van der Waals surface area (Å²) < 4.78 is 146. The molecule has 25 nitrogen and oxygen atoms in total. The topological polar surface area (TPSA) is 230 Å². The number of esters is 1. The van der Waals surface area contributed by atoms with Gasteiger partial charge in [-0.1, -0.05) is 5.21 Å². The van der Waals surface area contributed by atoms with Crippen molar-refractivity contribution in [2.75, 3.05) is 258 Å². The minimum Gasteiger partial charge on any atom is -0.497 e. The van der Waals surface area contributed by atoms with E-state index in [9.17, 15) is 18.0 Å². The molecule has 0 saturated carbocycles. The van der Waals surface area contributed by atoms with Crippen LogP contribution in [0.3, 0.4) is 0 Å². The Bertz CT molecular complexity index is 2050. The van der Waals surface area contributed by atoms with Gasteiger partial charge in [-0.05, 0) is 43.7 Å². The zero-order chi connectivity index (χ0) is 61.6. The van der Waals surface area contributed by atoms with E-state index < -0.39 is 29.2 Å². The summed E-state index contributed by atoms with van der Waals surface area (Å²) in [4.78, 5) is 16.7. The number of carbonyl (C=O) groups is 1. The number of hydrogen-bond donors (Lipinski definition) is 0. The highest BCUT2D eigenvalue weighted by Gasteiger charge is 2.18. The van der Waals surface area contributed by atoms with Gasteiger partial charge in [-0.25, -0.2) is 17.9 Å². The molecule has 1 aliphatic heterocycles. The molecule has 2 heterocycles. The quantitative estimate of drug-likeness (QED) is 0.0443. The predicted molar refractivity (Wildman–Crippen MR) is 309 cm³/mol. The number of hydrogen-bond acceptors (Lipinski definition) is 24. The van der Waals surface area contributed by atoms with Gasteiger partial charge in [0.05, 0.1) is 244 Å².